The van der Waals surface area contributed by atoms with E-state index in [1.807, 2.05) is 36.4 Å². The molecule has 0 unspecified atom stereocenters. The predicted octanol–water partition coefficient (Wildman–Crippen LogP) is 4.00. The zero-order valence-electron chi connectivity index (χ0n) is 14.6. The number of pyridine rings is 1. The fourth-order valence-electron chi connectivity index (χ4n) is 2.76. The van der Waals surface area contributed by atoms with Crippen LogP contribution in [0.4, 0.5) is 5.82 Å². The average molecular weight is 375 g/mol. The van der Waals surface area contributed by atoms with Crippen LogP contribution in [0.15, 0.2) is 60.2 Å². The van der Waals surface area contributed by atoms with Crippen LogP contribution in [0.2, 0.25) is 0 Å². The molecule has 27 heavy (non-hydrogen) atoms. The van der Waals surface area contributed by atoms with Crippen molar-refractivity contribution >= 4 is 33.6 Å². The molecule has 0 atom stereocenters. The Balaban J connectivity index is 1.67. The molecule has 0 fully saturated rings. The molecule has 4 aromatic rings. The monoisotopic (exact) mass is 375 g/mol. The molecule has 7 heteroatoms. The number of nitrogens with one attached hydrogen (secondary N) is 1. The number of nitrogens with zero attached hydrogens (tertiary/aromatic N) is 4. The van der Waals surface area contributed by atoms with Gasteiger partial charge in [-0.05, 0) is 29.7 Å². The van der Waals surface area contributed by atoms with Crippen LogP contribution in [-0.4, -0.2) is 26.3 Å². The number of aliphatic hydroxyl groups is 1. The molecule has 0 saturated heterocycles. The van der Waals surface area contributed by atoms with Crippen LogP contribution >= 0.6 is 11.3 Å². The normalized spacial score (nSPS) is 11.3. The Morgan fingerprint density at radius 3 is 2.78 bits per heavy atom. The molecule has 134 valence electrons. The number of aliphatic hydroxyl groups excluding tert-OH is 1. The number of fused-ring (bicyclic) bond motifs is 1. The van der Waals surface area contributed by atoms with E-state index in [2.05, 4.69) is 32.4 Å². The van der Waals surface area contributed by atoms with Crippen LogP contribution in [0, 0.1) is 6.92 Å². The lowest BCUT2D eigenvalue weighted by Gasteiger charge is -2.01. The number of anilines is 1. The van der Waals surface area contributed by atoms with E-state index in [4.69, 9.17) is 0 Å². The Morgan fingerprint density at radius 1 is 1.19 bits per heavy atom. The van der Waals surface area contributed by atoms with Crippen molar-refractivity contribution in [1.29, 1.82) is 0 Å². The van der Waals surface area contributed by atoms with Gasteiger partial charge in [-0.25, -0.2) is 9.97 Å². The van der Waals surface area contributed by atoms with Crippen molar-refractivity contribution in [2.24, 2.45) is 5.10 Å². The van der Waals surface area contributed by atoms with Gasteiger partial charge in [-0.15, -0.1) is 11.3 Å². The quantitative estimate of drug-likeness (QED) is 0.407. The fraction of sp³-hybridized carbons (Fsp3) is 0.100. The van der Waals surface area contributed by atoms with Crippen molar-refractivity contribution in [3.63, 3.8) is 0 Å². The minimum atomic E-state index is 0.0418. The minimum Gasteiger partial charge on any atom is -0.392 e. The van der Waals surface area contributed by atoms with Gasteiger partial charge in [0.2, 0.25) is 0 Å². The molecule has 3 heterocycles. The standard InChI is InChI=1S/C20H17N5OS/c1-13-17-19(27-18(13)16-6-4-14(11-26)5-7-16)20(23-12-22-17)25-24-10-15-3-2-8-21-9-15/h2-10,12,26H,11H2,1H3,(H,22,23,25). The second-order valence-electron chi connectivity index (χ2n) is 5.97. The topological polar surface area (TPSA) is 83.3 Å². The second kappa shape index (κ2) is 7.61. The lowest BCUT2D eigenvalue weighted by atomic mass is 10.1. The Kier molecular flexibility index (Phi) is 4.86. The van der Waals surface area contributed by atoms with E-state index in [0.29, 0.717) is 5.82 Å². The van der Waals surface area contributed by atoms with Crippen LogP contribution in [0.5, 0.6) is 0 Å². The van der Waals surface area contributed by atoms with Gasteiger partial charge >= 0.3 is 0 Å². The number of hydrogen-bond donors (Lipinski definition) is 2. The summed E-state index contributed by atoms with van der Waals surface area (Å²) in [6.45, 7) is 2.10. The zero-order chi connectivity index (χ0) is 18.6. The summed E-state index contributed by atoms with van der Waals surface area (Å²) >= 11 is 1.63. The van der Waals surface area contributed by atoms with Gasteiger partial charge < -0.3 is 5.11 Å². The molecule has 4 rings (SSSR count). The van der Waals surface area contributed by atoms with Crippen molar-refractivity contribution in [2.45, 2.75) is 13.5 Å². The number of hydrazone groups is 1. The first-order valence-electron chi connectivity index (χ1n) is 8.39. The third-order valence-corrected chi connectivity index (χ3v) is 5.51. The van der Waals surface area contributed by atoms with Gasteiger partial charge in [0.15, 0.2) is 5.82 Å². The maximum atomic E-state index is 9.23. The molecule has 0 aliphatic heterocycles. The van der Waals surface area contributed by atoms with Crippen molar-refractivity contribution in [3.8, 4) is 10.4 Å². The van der Waals surface area contributed by atoms with Gasteiger partial charge in [-0.2, -0.15) is 5.10 Å². The third-order valence-electron chi connectivity index (χ3n) is 4.17. The molecule has 0 amide bonds. The summed E-state index contributed by atoms with van der Waals surface area (Å²) in [7, 11) is 0. The number of hydrogen-bond acceptors (Lipinski definition) is 7. The molecule has 3 aromatic heterocycles. The molecule has 0 saturated carbocycles. The van der Waals surface area contributed by atoms with E-state index in [0.717, 1.165) is 37.3 Å². The Morgan fingerprint density at radius 2 is 2.04 bits per heavy atom. The highest BCUT2D eigenvalue weighted by molar-refractivity contribution is 7.23. The maximum Gasteiger partial charge on any atom is 0.167 e. The first kappa shape index (κ1) is 17.3. The SMILES string of the molecule is Cc1c(-c2ccc(CO)cc2)sc2c(NN=Cc3cccnc3)ncnc12. The van der Waals surface area contributed by atoms with Crippen molar-refractivity contribution in [3.05, 3.63) is 71.8 Å². The van der Waals surface area contributed by atoms with Gasteiger partial charge in [0.05, 0.1) is 23.0 Å². The Hall–Kier alpha value is -3.16. The Bertz CT molecular complexity index is 1090. The minimum absolute atomic E-state index is 0.0418. The highest BCUT2D eigenvalue weighted by Gasteiger charge is 2.15. The lowest BCUT2D eigenvalue weighted by molar-refractivity contribution is 0.282. The summed E-state index contributed by atoms with van der Waals surface area (Å²) in [6, 6.07) is 11.7. The number of benzene rings is 1. The molecule has 1 aromatic carbocycles. The van der Waals surface area contributed by atoms with Crippen molar-refractivity contribution in [2.75, 3.05) is 5.43 Å². The molecule has 0 aliphatic rings. The number of aromatic nitrogens is 3. The maximum absolute atomic E-state index is 9.23. The van der Waals surface area contributed by atoms with E-state index in [1.165, 1.54) is 0 Å². The summed E-state index contributed by atoms with van der Waals surface area (Å²) in [5, 5.41) is 13.5. The van der Waals surface area contributed by atoms with Crippen molar-refractivity contribution < 1.29 is 5.11 Å². The molecular formula is C20H17N5OS. The van der Waals surface area contributed by atoms with Gasteiger partial charge in [0.25, 0.3) is 0 Å². The number of rotatable bonds is 5. The summed E-state index contributed by atoms with van der Waals surface area (Å²) in [4.78, 5) is 14.0. The van der Waals surface area contributed by atoms with Crippen LogP contribution in [0.25, 0.3) is 20.7 Å². The predicted molar refractivity (Wildman–Crippen MR) is 109 cm³/mol. The molecule has 0 radical (unpaired) electrons. The van der Waals surface area contributed by atoms with E-state index in [1.54, 1.807) is 36.3 Å². The second-order valence-corrected chi connectivity index (χ2v) is 6.99. The lowest BCUT2D eigenvalue weighted by Crippen LogP contribution is -1.94. The Labute approximate surface area is 160 Å². The largest absolute Gasteiger partial charge is 0.392 e. The zero-order valence-corrected chi connectivity index (χ0v) is 15.4. The molecule has 0 spiro atoms. The van der Waals surface area contributed by atoms with E-state index in [9.17, 15) is 5.11 Å². The first-order chi connectivity index (χ1) is 13.3. The first-order valence-corrected chi connectivity index (χ1v) is 9.21. The molecular weight excluding hydrogens is 358 g/mol. The van der Waals surface area contributed by atoms with Crippen LogP contribution in [0.3, 0.4) is 0 Å². The van der Waals surface area contributed by atoms with E-state index in [-0.39, 0.29) is 6.61 Å². The third kappa shape index (κ3) is 3.55. The van der Waals surface area contributed by atoms with Gasteiger partial charge in [-0.3, -0.25) is 10.4 Å². The van der Waals surface area contributed by atoms with Gasteiger partial charge in [0.1, 0.15) is 6.33 Å². The van der Waals surface area contributed by atoms with E-state index < -0.39 is 0 Å². The summed E-state index contributed by atoms with van der Waals surface area (Å²) in [5.41, 5.74) is 7.92. The molecule has 6 nitrogen and oxygen atoms in total. The van der Waals surface area contributed by atoms with Crippen molar-refractivity contribution in [1.82, 2.24) is 15.0 Å². The van der Waals surface area contributed by atoms with Crippen LogP contribution < -0.4 is 5.43 Å². The fourth-order valence-corrected chi connectivity index (χ4v) is 3.97. The van der Waals surface area contributed by atoms with Gasteiger partial charge in [0, 0.05) is 22.8 Å². The van der Waals surface area contributed by atoms with Crippen LogP contribution in [0.1, 0.15) is 16.7 Å². The molecule has 0 aliphatic carbocycles. The smallest absolute Gasteiger partial charge is 0.167 e. The van der Waals surface area contributed by atoms with Gasteiger partial charge in [-0.1, -0.05) is 30.3 Å². The summed E-state index contributed by atoms with van der Waals surface area (Å²) < 4.78 is 0.958. The highest BCUT2D eigenvalue weighted by Crippen LogP contribution is 2.39. The summed E-state index contributed by atoms with van der Waals surface area (Å²) in [6.07, 6.45) is 6.71. The average Bonchev–Trinajstić information content (AvgIpc) is 3.06. The molecule has 0 bridgehead atoms. The molecule has 2 N–H and O–H groups in total. The number of thiophene rings is 1. The van der Waals surface area contributed by atoms with Crippen LogP contribution in [-0.2, 0) is 6.61 Å². The number of aryl methyl sites for hydroxylation is 1. The highest BCUT2D eigenvalue weighted by atomic mass is 32.1. The van der Waals surface area contributed by atoms with E-state index >= 15 is 0 Å². The summed E-state index contributed by atoms with van der Waals surface area (Å²) in [5.74, 6) is 0.673.